The summed E-state index contributed by atoms with van der Waals surface area (Å²) in [6.45, 7) is 8.57. The van der Waals surface area contributed by atoms with E-state index < -0.39 is 0 Å². The van der Waals surface area contributed by atoms with Gasteiger partial charge in [-0.1, -0.05) is 13.3 Å². The van der Waals surface area contributed by atoms with Crippen LogP contribution in [0, 0.1) is 31.1 Å². The molecule has 0 bridgehead atoms. The number of fused-ring (bicyclic) bond motifs is 2. The molecular formula is C19H30N4O2. The summed E-state index contributed by atoms with van der Waals surface area (Å²) in [5, 5.41) is 10.8. The lowest BCUT2D eigenvalue weighted by molar-refractivity contribution is -0.172. The summed E-state index contributed by atoms with van der Waals surface area (Å²) in [6.07, 6.45) is 5.16. The second-order valence-corrected chi connectivity index (χ2v) is 8.38. The van der Waals surface area contributed by atoms with Crippen LogP contribution in [0.1, 0.15) is 44.0 Å². The lowest BCUT2D eigenvalue weighted by Crippen LogP contribution is -2.72. The number of carbonyl (C=O) groups excluding carboxylic acids is 1. The molecule has 1 aromatic heterocycles. The molecule has 2 amide bonds. The molecule has 138 valence electrons. The molecule has 6 nitrogen and oxygen atoms in total. The molecule has 6 heteroatoms. The minimum atomic E-state index is -0.0261. The summed E-state index contributed by atoms with van der Waals surface area (Å²) >= 11 is 0. The van der Waals surface area contributed by atoms with Gasteiger partial charge in [-0.15, -0.1) is 0 Å². The highest BCUT2D eigenvalue weighted by molar-refractivity contribution is 5.74. The Bertz CT molecular complexity index is 652. The first-order valence-electron chi connectivity index (χ1n) is 9.66. The van der Waals surface area contributed by atoms with E-state index in [1.165, 1.54) is 25.0 Å². The first-order valence-corrected chi connectivity index (χ1v) is 9.66. The Kier molecular flexibility index (Phi) is 4.26. The maximum Gasteiger partial charge on any atom is 0.315 e. The van der Waals surface area contributed by atoms with E-state index >= 15 is 0 Å². The summed E-state index contributed by atoms with van der Waals surface area (Å²) in [7, 11) is 0. The molecule has 2 heterocycles. The van der Waals surface area contributed by atoms with Crippen LogP contribution in [0.15, 0.2) is 6.07 Å². The van der Waals surface area contributed by atoms with Crippen molar-refractivity contribution in [2.45, 2.75) is 65.1 Å². The zero-order valence-corrected chi connectivity index (χ0v) is 15.5. The van der Waals surface area contributed by atoms with Crippen LogP contribution in [-0.4, -0.2) is 41.1 Å². The van der Waals surface area contributed by atoms with Gasteiger partial charge in [-0.25, -0.2) is 4.79 Å². The van der Waals surface area contributed by atoms with Crippen LogP contribution in [0.5, 0.6) is 0 Å². The number of hydrogen-bond acceptors (Lipinski definition) is 3. The van der Waals surface area contributed by atoms with E-state index in [2.05, 4.69) is 35.6 Å². The van der Waals surface area contributed by atoms with Gasteiger partial charge in [-0.2, -0.15) is 5.10 Å². The minimum Gasteiger partial charge on any atom is -0.377 e. The maximum absolute atomic E-state index is 12.4. The van der Waals surface area contributed by atoms with Crippen molar-refractivity contribution >= 4 is 6.03 Å². The number of rotatable bonds is 5. The van der Waals surface area contributed by atoms with Crippen LogP contribution in [0.25, 0.3) is 0 Å². The molecule has 4 rings (SSSR count). The number of amides is 2. The number of aromatic nitrogens is 2. The minimum absolute atomic E-state index is 0.0261. The third-order valence-electron chi connectivity index (χ3n) is 6.52. The van der Waals surface area contributed by atoms with E-state index in [-0.39, 0.29) is 11.4 Å². The molecule has 1 aromatic rings. The average molecular weight is 346 g/mol. The second-order valence-electron chi connectivity index (χ2n) is 8.38. The first kappa shape index (κ1) is 16.9. The lowest BCUT2D eigenvalue weighted by Gasteiger charge is -2.63. The van der Waals surface area contributed by atoms with Gasteiger partial charge in [-0.3, -0.25) is 4.68 Å². The molecular weight excluding hydrogens is 316 g/mol. The SMILES string of the molecule is Cc1cc(C)n(C[C@H](C)CNC(=O)N[C@@H]2[C@H]3CCO[C@H]3C23CCC3)n1. The van der Waals surface area contributed by atoms with Gasteiger partial charge < -0.3 is 15.4 Å². The smallest absolute Gasteiger partial charge is 0.315 e. The summed E-state index contributed by atoms with van der Waals surface area (Å²) < 4.78 is 7.94. The largest absolute Gasteiger partial charge is 0.377 e. The molecule has 1 aliphatic heterocycles. The van der Waals surface area contributed by atoms with E-state index in [9.17, 15) is 4.79 Å². The van der Waals surface area contributed by atoms with E-state index in [1.54, 1.807) is 0 Å². The molecule has 0 radical (unpaired) electrons. The van der Waals surface area contributed by atoms with Gasteiger partial charge in [0.2, 0.25) is 0 Å². The highest BCUT2D eigenvalue weighted by Gasteiger charge is 2.66. The van der Waals surface area contributed by atoms with Crippen LogP contribution < -0.4 is 10.6 Å². The van der Waals surface area contributed by atoms with Gasteiger partial charge in [0.1, 0.15) is 0 Å². The highest BCUT2D eigenvalue weighted by Crippen LogP contribution is 2.62. The summed E-state index contributed by atoms with van der Waals surface area (Å²) in [6, 6.07) is 2.36. The standard InChI is InChI=1S/C19H30N4O2/c1-12(11-23-14(3)9-13(2)22-23)10-20-18(24)21-16-15-5-8-25-17(15)19(16)6-4-7-19/h9,12,15-17H,4-8,10-11H2,1-3H3,(H2,20,21,24)/t12-,15-,16-,17-/m1/s1. The number of carbonyl (C=O) groups is 1. The molecule has 3 fully saturated rings. The fourth-order valence-corrected chi connectivity index (χ4v) is 5.13. The number of nitrogens with one attached hydrogen (secondary N) is 2. The van der Waals surface area contributed by atoms with E-state index in [0.29, 0.717) is 30.5 Å². The van der Waals surface area contributed by atoms with Crippen LogP contribution in [0.3, 0.4) is 0 Å². The number of nitrogens with zero attached hydrogens (tertiary/aromatic N) is 2. The van der Waals surface area contributed by atoms with Crippen molar-refractivity contribution in [2.24, 2.45) is 17.3 Å². The summed E-state index contributed by atoms with van der Waals surface area (Å²) in [5.41, 5.74) is 2.45. The first-order chi connectivity index (χ1) is 12.0. The molecule has 2 saturated carbocycles. The van der Waals surface area contributed by atoms with Gasteiger partial charge in [0.05, 0.1) is 11.8 Å². The van der Waals surface area contributed by atoms with Crippen LogP contribution in [-0.2, 0) is 11.3 Å². The predicted molar refractivity (Wildman–Crippen MR) is 95.3 cm³/mol. The fraction of sp³-hybridized carbons (Fsp3) is 0.789. The van der Waals surface area contributed by atoms with Crippen LogP contribution in [0.4, 0.5) is 4.79 Å². The van der Waals surface area contributed by atoms with Crippen molar-refractivity contribution in [3.63, 3.8) is 0 Å². The topological polar surface area (TPSA) is 68.2 Å². The van der Waals surface area contributed by atoms with Crippen molar-refractivity contribution in [2.75, 3.05) is 13.2 Å². The fourth-order valence-electron chi connectivity index (χ4n) is 5.13. The summed E-state index contributed by atoms with van der Waals surface area (Å²) in [4.78, 5) is 12.4. The Morgan fingerprint density at radius 1 is 1.48 bits per heavy atom. The summed E-state index contributed by atoms with van der Waals surface area (Å²) in [5.74, 6) is 0.864. The zero-order chi connectivity index (χ0) is 17.6. The number of ether oxygens (including phenoxy) is 1. The Morgan fingerprint density at radius 3 is 2.92 bits per heavy atom. The number of hydrogen-bond donors (Lipinski definition) is 2. The van der Waals surface area contributed by atoms with Crippen molar-refractivity contribution < 1.29 is 9.53 Å². The molecule has 1 saturated heterocycles. The maximum atomic E-state index is 12.4. The van der Waals surface area contributed by atoms with Gasteiger partial charge in [0.25, 0.3) is 0 Å². The van der Waals surface area contributed by atoms with Gasteiger partial charge >= 0.3 is 6.03 Å². The van der Waals surface area contributed by atoms with Crippen molar-refractivity contribution in [3.8, 4) is 0 Å². The van der Waals surface area contributed by atoms with Crippen molar-refractivity contribution in [3.05, 3.63) is 17.5 Å². The van der Waals surface area contributed by atoms with Crippen molar-refractivity contribution in [1.82, 2.24) is 20.4 Å². The third kappa shape index (κ3) is 2.84. The predicted octanol–water partition coefficient (Wildman–Crippen LogP) is 2.39. The molecule has 25 heavy (non-hydrogen) atoms. The zero-order valence-electron chi connectivity index (χ0n) is 15.5. The van der Waals surface area contributed by atoms with Gasteiger partial charge in [-0.05, 0) is 45.1 Å². The van der Waals surface area contributed by atoms with E-state index in [1.807, 2.05) is 11.6 Å². The highest BCUT2D eigenvalue weighted by atomic mass is 16.5. The lowest BCUT2D eigenvalue weighted by atomic mass is 9.46. The molecule has 2 aliphatic carbocycles. The molecule has 2 N–H and O–H groups in total. The molecule has 3 aliphatic rings. The Labute approximate surface area is 149 Å². The van der Waals surface area contributed by atoms with Gasteiger partial charge in [0.15, 0.2) is 0 Å². The third-order valence-corrected chi connectivity index (χ3v) is 6.52. The average Bonchev–Trinajstić information content (AvgIpc) is 3.06. The van der Waals surface area contributed by atoms with E-state index in [4.69, 9.17) is 4.74 Å². The number of aryl methyl sites for hydroxylation is 2. The normalized spacial score (nSPS) is 30.3. The second kappa shape index (κ2) is 6.31. The molecule has 0 unspecified atom stereocenters. The molecule has 1 spiro atoms. The van der Waals surface area contributed by atoms with Crippen LogP contribution >= 0.6 is 0 Å². The van der Waals surface area contributed by atoms with Crippen LogP contribution in [0.2, 0.25) is 0 Å². The van der Waals surface area contributed by atoms with Crippen molar-refractivity contribution in [1.29, 1.82) is 0 Å². The molecule has 0 aromatic carbocycles. The Morgan fingerprint density at radius 2 is 2.28 bits per heavy atom. The monoisotopic (exact) mass is 346 g/mol. The quantitative estimate of drug-likeness (QED) is 0.860. The molecule has 4 atom stereocenters. The van der Waals surface area contributed by atoms with Gasteiger partial charge in [0, 0.05) is 42.8 Å². The van der Waals surface area contributed by atoms with E-state index in [0.717, 1.165) is 25.3 Å². The number of urea groups is 1. The Hall–Kier alpha value is -1.56. The Balaban J connectivity index is 1.26.